The van der Waals surface area contributed by atoms with Gasteiger partial charge in [-0.2, -0.15) is 0 Å². The first-order valence-electron chi connectivity index (χ1n) is 8.43. The molecule has 0 aromatic rings. The third kappa shape index (κ3) is 2.86. The van der Waals surface area contributed by atoms with Crippen molar-refractivity contribution in [2.75, 3.05) is 26.2 Å². The Bertz CT molecular complexity index is 352. The van der Waals surface area contributed by atoms with Crippen molar-refractivity contribution in [2.45, 2.75) is 57.5 Å². The molecule has 2 saturated heterocycles. The van der Waals surface area contributed by atoms with E-state index in [-0.39, 0.29) is 0 Å². The number of nitrogens with zero attached hydrogens (tertiary/aromatic N) is 2. The predicted molar refractivity (Wildman–Crippen MR) is 80.3 cm³/mol. The first-order valence-corrected chi connectivity index (χ1v) is 8.43. The molecule has 3 rings (SSSR count). The number of piperidine rings is 1. The number of rotatable bonds is 2. The molecule has 0 aromatic heterocycles. The highest BCUT2D eigenvalue weighted by molar-refractivity contribution is 5.79. The Morgan fingerprint density at radius 3 is 2.45 bits per heavy atom. The minimum Gasteiger partial charge on any atom is -0.341 e. The van der Waals surface area contributed by atoms with Gasteiger partial charge in [0.1, 0.15) is 0 Å². The average molecular weight is 279 g/mol. The molecular weight excluding hydrogens is 250 g/mol. The first kappa shape index (κ1) is 14.3. The van der Waals surface area contributed by atoms with E-state index < -0.39 is 0 Å². The Morgan fingerprint density at radius 1 is 1.05 bits per heavy atom. The minimum absolute atomic E-state index is 0.309. The second-order valence-corrected chi connectivity index (χ2v) is 7.11. The van der Waals surface area contributed by atoms with E-state index in [4.69, 9.17) is 5.73 Å². The second-order valence-electron chi connectivity index (χ2n) is 7.11. The third-order valence-electron chi connectivity index (χ3n) is 5.74. The van der Waals surface area contributed by atoms with Gasteiger partial charge in [0.05, 0.1) is 0 Å². The lowest BCUT2D eigenvalue weighted by atomic mass is 9.97. The molecule has 2 heterocycles. The van der Waals surface area contributed by atoms with Gasteiger partial charge in [0.15, 0.2) is 0 Å². The normalized spacial score (nSPS) is 36.7. The van der Waals surface area contributed by atoms with Crippen molar-refractivity contribution in [3.05, 3.63) is 0 Å². The van der Waals surface area contributed by atoms with Crippen molar-refractivity contribution in [3.63, 3.8) is 0 Å². The van der Waals surface area contributed by atoms with Gasteiger partial charge in [-0.15, -0.1) is 0 Å². The number of carbonyl (C=O) groups excluding carboxylic acids is 1. The van der Waals surface area contributed by atoms with Crippen LogP contribution in [0.1, 0.15) is 45.4 Å². The molecule has 1 aliphatic carbocycles. The zero-order valence-electron chi connectivity index (χ0n) is 12.8. The lowest BCUT2D eigenvalue weighted by molar-refractivity contribution is -0.135. The van der Waals surface area contributed by atoms with Gasteiger partial charge >= 0.3 is 0 Å². The third-order valence-corrected chi connectivity index (χ3v) is 5.74. The fourth-order valence-electron chi connectivity index (χ4n) is 4.27. The van der Waals surface area contributed by atoms with Crippen molar-refractivity contribution in [1.82, 2.24) is 9.80 Å². The van der Waals surface area contributed by atoms with Crippen LogP contribution in [0.25, 0.3) is 0 Å². The topological polar surface area (TPSA) is 49.6 Å². The van der Waals surface area contributed by atoms with Crippen molar-refractivity contribution < 1.29 is 4.79 Å². The quantitative estimate of drug-likeness (QED) is 0.832. The maximum Gasteiger partial charge on any atom is 0.226 e. The van der Waals surface area contributed by atoms with E-state index in [9.17, 15) is 4.79 Å². The molecule has 0 spiro atoms. The minimum atomic E-state index is 0.309. The molecule has 2 N–H and O–H groups in total. The van der Waals surface area contributed by atoms with Crippen LogP contribution in [0.4, 0.5) is 0 Å². The number of hydrogen-bond acceptors (Lipinski definition) is 3. The van der Waals surface area contributed by atoms with Crippen LogP contribution in [0.15, 0.2) is 0 Å². The number of amides is 1. The molecule has 2 aliphatic heterocycles. The average Bonchev–Trinajstić information content (AvgIpc) is 3.08. The molecule has 3 unspecified atom stereocenters. The monoisotopic (exact) mass is 279 g/mol. The summed E-state index contributed by atoms with van der Waals surface area (Å²) in [5.74, 6) is 1.34. The molecule has 4 nitrogen and oxygen atoms in total. The van der Waals surface area contributed by atoms with Crippen LogP contribution in [0.2, 0.25) is 0 Å². The van der Waals surface area contributed by atoms with Gasteiger partial charge in [0, 0.05) is 31.1 Å². The van der Waals surface area contributed by atoms with Crippen LogP contribution in [-0.4, -0.2) is 54.0 Å². The largest absolute Gasteiger partial charge is 0.341 e. The summed E-state index contributed by atoms with van der Waals surface area (Å²) >= 11 is 0. The van der Waals surface area contributed by atoms with Crippen LogP contribution >= 0.6 is 0 Å². The zero-order chi connectivity index (χ0) is 14.1. The molecule has 4 heteroatoms. The van der Waals surface area contributed by atoms with E-state index in [2.05, 4.69) is 16.7 Å². The number of nitrogens with two attached hydrogens (primary N) is 1. The van der Waals surface area contributed by atoms with Gasteiger partial charge in [-0.3, -0.25) is 9.69 Å². The lowest BCUT2D eigenvalue weighted by Crippen LogP contribution is -2.46. The van der Waals surface area contributed by atoms with Crippen LogP contribution in [0, 0.1) is 11.8 Å². The highest BCUT2D eigenvalue weighted by Gasteiger charge is 2.37. The molecule has 1 amide bonds. The fraction of sp³-hybridized carbons (Fsp3) is 0.938. The summed E-state index contributed by atoms with van der Waals surface area (Å²) in [5, 5.41) is 0. The van der Waals surface area contributed by atoms with Gasteiger partial charge in [0.2, 0.25) is 5.91 Å². The lowest BCUT2D eigenvalue weighted by Gasteiger charge is -2.34. The molecule has 1 saturated carbocycles. The summed E-state index contributed by atoms with van der Waals surface area (Å²) in [7, 11) is 0. The standard InChI is InChI=1S/C16H29N3O/c1-12-3-2-4-15(12)16(20)19-10-7-14(11-19)18-8-5-13(17)6-9-18/h12-15H,2-11,17H2,1H3. The van der Waals surface area contributed by atoms with Gasteiger partial charge < -0.3 is 10.6 Å². The van der Waals surface area contributed by atoms with Crippen molar-refractivity contribution in [3.8, 4) is 0 Å². The Hall–Kier alpha value is -0.610. The smallest absolute Gasteiger partial charge is 0.226 e. The summed E-state index contributed by atoms with van der Waals surface area (Å²) in [5.41, 5.74) is 5.98. The summed E-state index contributed by atoms with van der Waals surface area (Å²) in [4.78, 5) is 17.3. The zero-order valence-corrected chi connectivity index (χ0v) is 12.8. The number of carbonyl (C=O) groups is 1. The summed E-state index contributed by atoms with van der Waals surface area (Å²) < 4.78 is 0. The van der Waals surface area contributed by atoms with Gasteiger partial charge in [-0.25, -0.2) is 0 Å². The maximum atomic E-state index is 12.6. The van der Waals surface area contributed by atoms with Gasteiger partial charge in [-0.05, 0) is 51.1 Å². The Morgan fingerprint density at radius 2 is 1.80 bits per heavy atom. The molecule has 3 aliphatic rings. The SMILES string of the molecule is CC1CCCC1C(=O)N1CCC(N2CCC(N)CC2)C1. The first-order chi connectivity index (χ1) is 9.65. The van der Waals surface area contributed by atoms with Gasteiger partial charge in [0.25, 0.3) is 0 Å². The molecule has 0 radical (unpaired) electrons. The summed E-state index contributed by atoms with van der Waals surface area (Å²) in [6.45, 7) is 6.41. The maximum absolute atomic E-state index is 12.6. The molecule has 114 valence electrons. The van der Waals surface area contributed by atoms with Crippen LogP contribution < -0.4 is 5.73 Å². The van der Waals surface area contributed by atoms with Gasteiger partial charge in [-0.1, -0.05) is 13.3 Å². The molecule has 3 atom stereocenters. The molecule has 0 aromatic carbocycles. The van der Waals surface area contributed by atoms with E-state index >= 15 is 0 Å². The van der Waals surface area contributed by atoms with Crippen LogP contribution in [0.3, 0.4) is 0 Å². The van der Waals surface area contributed by atoms with E-state index in [0.29, 0.717) is 29.8 Å². The fourth-order valence-corrected chi connectivity index (χ4v) is 4.27. The predicted octanol–water partition coefficient (Wildman–Crippen LogP) is 1.45. The number of hydrogen-bond donors (Lipinski definition) is 1. The Labute approximate surface area is 122 Å². The van der Waals surface area contributed by atoms with Crippen molar-refractivity contribution in [1.29, 1.82) is 0 Å². The second kappa shape index (κ2) is 6.02. The molecular formula is C16H29N3O. The van der Waals surface area contributed by atoms with Crippen molar-refractivity contribution >= 4 is 5.91 Å². The van der Waals surface area contributed by atoms with E-state index in [1.54, 1.807) is 0 Å². The van der Waals surface area contributed by atoms with E-state index in [0.717, 1.165) is 51.9 Å². The highest BCUT2D eigenvalue weighted by Crippen LogP contribution is 2.33. The highest BCUT2D eigenvalue weighted by atomic mass is 16.2. The van der Waals surface area contributed by atoms with Crippen LogP contribution in [0.5, 0.6) is 0 Å². The Kier molecular flexibility index (Phi) is 4.32. The molecule has 20 heavy (non-hydrogen) atoms. The summed E-state index contributed by atoms with van der Waals surface area (Å²) in [6.07, 6.45) is 6.96. The number of likely N-dealkylation sites (tertiary alicyclic amines) is 2. The molecule has 0 bridgehead atoms. The Balaban J connectivity index is 1.52. The van der Waals surface area contributed by atoms with Crippen molar-refractivity contribution in [2.24, 2.45) is 17.6 Å². The van der Waals surface area contributed by atoms with Crippen LogP contribution in [-0.2, 0) is 4.79 Å². The molecule has 3 fully saturated rings. The van der Waals surface area contributed by atoms with E-state index in [1.165, 1.54) is 12.8 Å². The summed E-state index contributed by atoms with van der Waals surface area (Å²) in [6, 6.07) is 0.980. The van der Waals surface area contributed by atoms with E-state index in [1.807, 2.05) is 0 Å².